The second-order valence-electron chi connectivity index (χ2n) is 49.2. The normalized spacial score (nSPS) is 26.3. The first-order chi connectivity index (χ1) is 67.8. The van der Waals surface area contributed by atoms with Crippen LogP contribution in [0.2, 0.25) is 0 Å². The summed E-state index contributed by atoms with van der Waals surface area (Å²) in [5, 5.41) is 24.7. The number of carbonyl (C=O) groups is 6. The van der Waals surface area contributed by atoms with Crippen molar-refractivity contribution in [1.29, 1.82) is 0 Å². The number of nitrogens with zero attached hydrogens (tertiary/aromatic N) is 10. The van der Waals surface area contributed by atoms with Crippen LogP contribution < -0.4 is 27.0 Å². The van der Waals surface area contributed by atoms with Crippen molar-refractivity contribution in [2.45, 2.75) is 443 Å². The Kier molecular flexibility index (Phi) is 33.7. The Morgan fingerprint density at radius 1 is 0.396 bits per heavy atom. The lowest BCUT2D eigenvalue weighted by molar-refractivity contribution is -0.146. The predicted octanol–water partition coefficient (Wildman–Crippen LogP) is 22.8. The molecule has 149 heavy (non-hydrogen) atoms. The average Bonchev–Trinajstić information content (AvgIpc) is 0.975. The Morgan fingerprint density at radius 2 is 0.745 bits per heavy atom. The second-order valence-corrected chi connectivity index (χ2v) is 50.9. The van der Waals surface area contributed by atoms with E-state index in [-0.39, 0.29) is 145 Å². The van der Waals surface area contributed by atoms with Gasteiger partial charge >= 0.3 is 67.4 Å². The van der Waals surface area contributed by atoms with E-state index in [4.69, 9.17) is 38.3 Å². The molecule has 12 saturated carbocycles. The van der Waals surface area contributed by atoms with Crippen molar-refractivity contribution in [2.24, 2.45) is 32.4 Å². The summed E-state index contributed by atoms with van der Waals surface area (Å²) < 4.78 is 268. The summed E-state index contributed by atoms with van der Waals surface area (Å²) in [5.41, 5.74) is -0.450. The standard InChI is InChI=1S/2C26H39F3N4O4.C21H28F3NO5S.C16H23F3N4.C13H17F3N2O2.CH4/c1-22(2,3)36-20(34)30-25-11-8-24(9-12-25,10-13-25)16-33-18-7-14-32(21(35)37-23(4,5)6)15-17(18)19(31-33)26(27,28)29;1-22(2,3)36-20(34)30-25-11-8-24(9-12-25,10-13-25)16-33-19(26(27,28)29)17-15-32(14-7-18(17)31-33)21(35)37-23(4,5)6;1-18(2,3)30-17(26)25-20-11-8-19(9-12-20,10-13-20)14-29-31(27,28)16-6-4-15(5-7-16)21(22,23)24;17-16(18,19)13-11-9-21-8-1-12(11)23(22-13)10-14-2-5-15(20,6-3-14)7-4-14;1-12(2,3)20-11(19)18-5-4-8-6-17-10(9(8)7-18)13(14,15)16;/h2*7-16H2,1-6H3,(H,30,34);4-7H,8-14H2,1-3H3,(H,25,26);21H,1-10,20H2;4-7H2,1-3H3;1H4. The molecule has 6 amide bonds. The van der Waals surface area contributed by atoms with Crippen molar-refractivity contribution in [3.63, 3.8) is 0 Å². The largest absolute Gasteiger partial charge is 0.444 e. The predicted molar refractivity (Wildman–Crippen MR) is 521 cm³/mol. The van der Waals surface area contributed by atoms with E-state index in [1.165, 1.54) is 14.7 Å². The van der Waals surface area contributed by atoms with Gasteiger partial charge in [0, 0.05) is 127 Å². The fourth-order valence-corrected chi connectivity index (χ4v) is 23.9. The zero-order valence-corrected chi connectivity index (χ0v) is 88.9. The molecular weight excluding hydrogens is 2000 g/mol. The molecule has 3 aromatic heterocycles. The molecule has 12 aliphatic carbocycles. The van der Waals surface area contributed by atoms with Crippen molar-refractivity contribution in [2.75, 3.05) is 45.9 Å². The van der Waals surface area contributed by atoms with E-state index in [1.807, 2.05) is 41.5 Å². The molecule has 12 fully saturated rings. The van der Waals surface area contributed by atoms with Crippen LogP contribution in [0.3, 0.4) is 0 Å². The first-order valence-corrected chi connectivity index (χ1v) is 52.6. The van der Waals surface area contributed by atoms with Crippen molar-refractivity contribution < 1.29 is 136 Å². The van der Waals surface area contributed by atoms with Crippen LogP contribution in [0.5, 0.6) is 0 Å². The molecule has 4 aromatic rings. The molecule has 8 bridgehead atoms. The number of nitrogens with two attached hydrogens (primary N) is 1. The van der Waals surface area contributed by atoms with E-state index in [0.717, 1.165) is 118 Å². The Labute approximate surface area is 862 Å². The number of fused-ring (bicyclic) bond motifs is 15. The number of hydrogen-bond acceptors (Lipinski definition) is 21. The van der Waals surface area contributed by atoms with Crippen LogP contribution in [0.15, 0.2) is 45.3 Å². The molecular formula is C103H150F15N15O15S. The van der Waals surface area contributed by atoms with Crippen molar-refractivity contribution in [3.05, 3.63) is 91.8 Å². The van der Waals surface area contributed by atoms with E-state index >= 15 is 0 Å². The summed E-state index contributed by atoms with van der Waals surface area (Å²) in [6.07, 6.45) is -5.18. The van der Waals surface area contributed by atoms with Gasteiger partial charge in [0.2, 0.25) is 0 Å². The molecule has 17 aliphatic rings. The molecule has 838 valence electrons. The van der Waals surface area contributed by atoms with Gasteiger partial charge < -0.3 is 70.1 Å². The van der Waals surface area contributed by atoms with E-state index in [1.54, 1.807) is 92.4 Å². The van der Waals surface area contributed by atoms with Crippen molar-refractivity contribution in [1.82, 2.24) is 65.3 Å². The van der Waals surface area contributed by atoms with Crippen LogP contribution in [0.1, 0.15) is 349 Å². The molecule has 1 aromatic carbocycles. The molecule has 6 N–H and O–H groups in total. The van der Waals surface area contributed by atoms with Gasteiger partial charge in [0.05, 0.1) is 48.9 Å². The highest BCUT2D eigenvalue weighted by Crippen LogP contribution is 2.59. The molecule has 0 unspecified atom stereocenters. The fraction of sp³-hybridized carbons (Fsp3) is 0.767. The highest BCUT2D eigenvalue weighted by Gasteiger charge is 2.57. The van der Waals surface area contributed by atoms with Crippen molar-refractivity contribution >= 4 is 52.4 Å². The molecule has 8 heterocycles. The third-order valence-corrected chi connectivity index (χ3v) is 32.1. The number of alkyl halides is 15. The second kappa shape index (κ2) is 42.5. The molecule has 0 atom stereocenters. The van der Waals surface area contributed by atoms with Crippen LogP contribution in [0.4, 0.5) is 94.6 Å². The van der Waals surface area contributed by atoms with Gasteiger partial charge in [-0.3, -0.25) is 23.2 Å². The highest BCUT2D eigenvalue weighted by molar-refractivity contribution is 7.86. The summed E-state index contributed by atoms with van der Waals surface area (Å²) in [6, 6.07) is 3.28. The Morgan fingerprint density at radius 3 is 1.12 bits per heavy atom. The molecule has 46 heteroatoms. The summed E-state index contributed by atoms with van der Waals surface area (Å²) in [5.74, 6) is 0. The number of carbonyl (C=O) groups excluding carboxylic acids is 6. The van der Waals surface area contributed by atoms with E-state index in [2.05, 4.69) is 41.6 Å². The number of nitrogens with one attached hydrogen (secondary N) is 4. The third kappa shape index (κ3) is 29.8. The quantitative estimate of drug-likeness (QED) is 0.0471. The lowest BCUT2D eigenvalue weighted by atomic mass is 9.57. The SMILES string of the molecule is C.CC(C)(C)OC(=O)N1CCC2=C(C1)C(C(F)(F)F)=NC2.CC(C)(C)OC(=O)NC12CCC(COS(=O)(=O)c3ccc(C(F)(F)F)cc3)(CC1)CC2.CC(C)(C)OC(=O)NC12CCC(Cn3nc(C(F)(F)F)c4c3CCN(C(=O)OC(C)(C)C)C4)(CC1)CC2.CC(C)(C)OC(=O)NC12CCC(Cn3nc4c(c3C(F)(F)F)CN(C(=O)OC(C)(C)C)CC4)(CC1)CC2.NC12CCC(Cn3nc(C(F)(F)F)c4c3CCNC4)(CC1)CC2. The number of aromatic nitrogens is 6. The number of aliphatic imine (C=N–C) groups is 1. The Hall–Kier alpha value is -9.34. The fourth-order valence-electron chi connectivity index (χ4n) is 22.9. The molecule has 5 aliphatic heterocycles. The van der Waals surface area contributed by atoms with Gasteiger partial charge in [-0.1, -0.05) is 7.43 Å². The van der Waals surface area contributed by atoms with E-state index in [0.29, 0.717) is 132 Å². The zero-order valence-electron chi connectivity index (χ0n) is 88.1. The average molecular weight is 2160 g/mol. The lowest BCUT2D eigenvalue weighted by Crippen LogP contribution is -2.58. The number of hydrogen-bond donors (Lipinski definition) is 5. The van der Waals surface area contributed by atoms with Gasteiger partial charge in [-0.15, -0.1) is 0 Å². The van der Waals surface area contributed by atoms with Gasteiger partial charge in [-0.25, -0.2) is 28.8 Å². The Balaban J connectivity index is 0.000000168. The number of halogens is 15. The minimum atomic E-state index is -4.62. The molecule has 0 saturated heterocycles. The summed E-state index contributed by atoms with van der Waals surface area (Å²) >= 11 is 0. The highest BCUT2D eigenvalue weighted by atomic mass is 32.2. The van der Waals surface area contributed by atoms with Gasteiger partial charge in [0.1, 0.15) is 45.0 Å². The van der Waals surface area contributed by atoms with Crippen LogP contribution in [0.25, 0.3) is 0 Å². The Bertz CT molecular complexity index is 5570. The van der Waals surface area contributed by atoms with Crippen LogP contribution >= 0.6 is 0 Å². The van der Waals surface area contributed by atoms with Gasteiger partial charge in [0.15, 0.2) is 11.4 Å². The number of amides is 6. The number of benzene rings is 1. The van der Waals surface area contributed by atoms with Gasteiger partial charge in [-0.2, -0.15) is 89.6 Å². The summed E-state index contributed by atoms with van der Waals surface area (Å²) in [7, 11) is -4.16. The number of rotatable bonds is 13. The minimum Gasteiger partial charge on any atom is -0.444 e. The first-order valence-electron chi connectivity index (χ1n) is 51.1. The zero-order chi connectivity index (χ0) is 109. The van der Waals surface area contributed by atoms with Gasteiger partial charge in [0.25, 0.3) is 10.1 Å². The number of alkyl carbamates (subject to hydrolysis) is 3. The molecule has 0 spiro atoms. The van der Waals surface area contributed by atoms with Crippen LogP contribution in [-0.4, -0.2) is 203 Å². The van der Waals surface area contributed by atoms with Crippen LogP contribution in [-0.2, 0) is 126 Å². The molecule has 30 nitrogen and oxygen atoms in total. The molecule has 0 radical (unpaired) electrons. The van der Waals surface area contributed by atoms with Crippen molar-refractivity contribution in [3.8, 4) is 0 Å². The topological polar surface area (TPSA) is 351 Å². The van der Waals surface area contributed by atoms with Crippen LogP contribution in [0, 0.1) is 21.7 Å². The third-order valence-electron chi connectivity index (χ3n) is 30.9. The smallest absolute Gasteiger partial charge is 0.435 e. The lowest BCUT2D eigenvalue weighted by Gasteiger charge is -2.53. The molecule has 21 rings (SSSR count). The maximum absolute atomic E-state index is 14.3. The summed E-state index contributed by atoms with van der Waals surface area (Å²) in [6.45, 7) is 34.5. The maximum atomic E-state index is 14.3. The van der Waals surface area contributed by atoms with Gasteiger partial charge in [-0.05, 0) is 337 Å². The maximum Gasteiger partial charge on any atom is 0.435 e. The van der Waals surface area contributed by atoms with E-state index in [9.17, 15) is 103 Å². The van der Waals surface area contributed by atoms with E-state index < -0.39 is 140 Å². The first kappa shape index (κ1) is 118. The monoisotopic (exact) mass is 2150 g/mol. The summed E-state index contributed by atoms with van der Waals surface area (Å²) in [4.78, 5) is 81.2. The number of ether oxygens (including phenoxy) is 6. The minimum absolute atomic E-state index is 0.